The molecule has 0 spiro atoms. The first-order valence-corrected chi connectivity index (χ1v) is 7.32. The Hall–Kier alpha value is -0.940. The van der Waals surface area contributed by atoms with Gasteiger partial charge in [-0.3, -0.25) is 9.69 Å². The first kappa shape index (κ1) is 13.5. The summed E-state index contributed by atoms with van der Waals surface area (Å²) in [5, 5.41) is 11.9. The molecule has 1 saturated heterocycles. The Balaban J connectivity index is 1.86. The van der Waals surface area contributed by atoms with Crippen LogP contribution in [0, 0.1) is 12.8 Å². The van der Waals surface area contributed by atoms with Crippen LogP contribution >= 0.6 is 11.3 Å². The first-order valence-electron chi connectivity index (χ1n) is 6.44. The van der Waals surface area contributed by atoms with Gasteiger partial charge in [0.25, 0.3) is 0 Å². The Morgan fingerprint density at radius 2 is 2.50 bits per heavy atom. The van der Waals surface area contributed by atoms with Gasteiger partial charge in [0.1, 0.15) is 0 Å². The standard InChI is InChI=1S/C13H20N2O2S/c1-9(12-8-18-10(2)14-12)15-6-5-11(7-15)3-4-13(16)17/h8-9,11H,3-7H2,1-2H3,(H,16,17). The summed E-state index contributed by atoms with van der Waals surface area (Å²) in [6.45, 7) is 6.28. The molecule has 2 heterocycles. The number of nitrogens with zero attached hydrogens (tertiary/aromatic N) is 2. The lowest BCUT2D eigenvalue weighted by atomic mass is 10.0. The molecule has 0 aliphatic carbocycles. The van der Waals surface area contributed by atoms with Crippen LogP contribution in [0.4, 0.5) is 0 Å². The molecule has 5 heteroatoms. The number of aryl methyl sites for hydroxylation is 1. The molecular weight excluding hydrogens is 248 g/mol. The molecule has 2 atom stereocenters. The molecule has 2 unspecified atom stereocenters. The predicted molar refractivity (Wildman–Crippen MR) is 71.8 cm³/mol. The highest BCUT2D eigenvalue weighted by molar-refractivity contribution is 7.09. The number of aromatic nitrogens is 1. The van der Waals surface area contributed by atoms with Crippen molar-refractivity contribution >= 4 is 17.3 Å². The van der Waals surface area contributed by atoms with Gasteiger partial charge in [0, 0.05) is 18.3 Å². The average Bonchev–Trinajstić information content (AvgIpc) is 2.94. The highest BCUT2D eigenvalue weighted by Crippen LogP contribution is 2.29. The minimum Gasteiger partial charge on any atom is -0.481 e. The SMILES string of the molecule is Cc1nc(C(C)N2CCC(CCC(=O)O)C2)cs1. The molecule has 0 amide bonds. The van der Waals surface area contributed by atoms with Gasteiger partial charge in [-0.15, -0.1) is 11.3 Å². The van der Waals surface area contributed by atoms with Gasteiger partial charge in [0.05, 0.1) is 16.7 Å². The molecule has 2 rings (SSSR count). The van der Waals surface area contributed by atoms with E-state index in [-0.39, 0.29) is 0 Å². The molecule has 1 aromatic heterocycles. The maximum absolute atomic E-state index is 10.6. The summed E-state index contributed by atoms with van der Waals surface area (Å²) >= 11 is 1.69. The second-order valence-electron chi connectivity index (χ2n) is 5.05. The van der Waals surface area contributed by atoms with Gasteiger partial charge in [-0.1, -0.05) is 0 Å². The van der Waals surface area contributed by atoms with E-state index in [2.05, 4.69) is 22.2 Å². The second-order valence-corrected chi connectivity index (χ2v) is 6.11. The normalized spacial score (nSPS) is 22.2. The maximum Gasteiger partial charge on any atom is 0.303 e. The predicted octanol–water partition coefficient (Wildman–Crippen LogP) is 2.70. The number of rotatable bonds is 5. The van der Waals surface area contributed by atoms with E-state index in [4.69, 9.17) is 5.11 Å². The fourth-order valence-corrected chi connectivity index (χ4v) is 3.24. The van der Waals surface area contributed by atoms with E-state index in [1.54, 1.807) is 11.3 Å². The minimum absolute atomic E-state index is 0.294. The lowest BCUT2D eigenvalue weighted by molar-refractivity contribution is -0.137. The van der Waals surface area contributed by atoms with Crippen molar-refractivity contribution in [2.24, 2.45) is 5.92 Å². The number of carboxylic acids is 1. The van der Waals surface area contributed by atoms with Crippen LogP contribution in [-0.4, -0.2) is 34.0 Å². The smallest absolute Gasteiger partial charge is 0.303 e. The quantitative estimate of drug-likeness (QED) is 0.892. The van der Waals surface area contributed by atoms with E-state index >= 15 is 0 Å². The van der Waals surface area contributed by atoms with Crippen molar-refractivity contribution < 1.29 is 9.90 Å². The van der Waals surface area contributed by atoms with Crippen molar-refractivity contribution in [1.82, 2.24) is 9.88 Å². The third-order valence-corrected chi connectivity index (χ3v) is 4.49. The Kier molecular flexibility index (Phi) is 4.35. The number of likely N-dealkylation sites (tertiary alicyclic amines) is 1. The molecule has 1 aromatic rings. The molecule has 0 radical (unpaired) electrons. The van der Waals surface area contributed by atoms with Crippen LogP contribution in [0.25, 0.3) is 0 Å². The van der Waals surface area contributed by atoms with E-state index in [1.165, 1.54) is 0 Å². The zero-order valence-corrected chi connectivity index (χ0v) is 11.7. The molecule has 0 bridgehead atoms. The van der Waals surface area contributed by atoms with Crippen LogP contribution in [0.2, 0.25) is 0 Å². The van der Waals surface area contributed by atoms with Crippen LogP contribution in [0.1, 0.15) is 42.9 Å². The molecule has 1 aliphatic rings. The first-order chi connectivity index (χ1) is 8.56. The topological polar surface area (TPSA) is 53.4 Å². The summed E-state index contributed by atoms with van der Waals surface area (Å²) in [4.78, 5) is 17.5. The summed E-state index contributed by atoms with van der Waals surface area (Å²) in [5.74, 6) is -0.153. The van der Waals surface area contributed by atoms with Crippen molar-refractivity contribution in [3.63, 3.8) is 0 Å². The van der Waals surface area contributed by atoms with Gasteiger partial charge in [-0.2, -0.15) is 0 Å². The van der Waals surface area contributed by atoms with Gasteiger partial charge in [0.15, 0.2) is 0 Å². The minimum atomic E-state index is -0.684. The lowest BCUT2D eigenvalue weighted by Crippen LogP contribution is -2.24. The lowest BCUT2D eigenvalue weighted by Gasteiger charge is -2.22. The summed E-state index contributed by atoms with van der Waals surface area (Å²) in [7, 11) is 0. The van der Waals surface area contributed by atoms with Crippen LogP contribution in [-0.2, 0) is 4.79 Å². The van der Waals surface area contributed by atoms with E-state index < -0.39 is 5.97 Å². The molecule has 18 heavy (non-hydrogen) atoms. The number of carboxylic acid groups (broad SMARTS) is 1. The van der Waals surface area contributed by atoms with E-state index in [9.17, 15) is 4.79 Å². The highest BCUT2D eigenvalue weighted by atomic mass is 32.1. The van der Waals surface area contributed by atoms with Gasteiger partial charge in [-0.05, 0) is 39.2 Å². The molecule has 100 valence electrons. The van der Waals surface area contributed by atoms with Crippen molar-refractivity contribution in [2.45, 2.75) is 39.2 Å². The molecule has 4 nitrogen and oxygen atoms in total. The summed E-state index contributed by atoms with van der Waals surface area (Å²) < 4.78 is 0. The van der Waals surface area contributed by atoms with E-state index in [0.717, 1.165) is 36.6 Å². The molecular formula is C13H20N2O2S. The Bertz CT molecular complexity index is 419. The number of hydrogen-bond acceptors (Lipinski definition) is 4. The van der Waals surface area contributed by atoms with E-state index in [1.807, 2.05) is 6.92 Å². The van der Waals surface area contributed by atoms with Gasteiger partial charge in [-0.25, -0.2) is 4.98 Å². The number of hydrogen-bond donors (Lipinski definition) is 1. The molecule has 1 aliphatic heterocycles. The van der Waals surface area contributed by atoms with Crippen molar-refractivity contribution in [3.05, 3.63) is 16.1 Å². The fourth-order valence-electron chi connectivity index (χ4n) is 2.54. The zero-order chi connectivity index (χ0) is 13.1. The van der Waals surface area contributed by atoms with Crippen LogP contribution in [0.3, 0.4) is 0 Å². The fraction of sp³-hybridized carbons (Fsp3) is 0.692. The Morgan fingerprint density at radius 3 is 3.11 bits per heavy atom. The Labute approximate surface area is 112 Å². The molecule has 1 N–H and O–H groups in total. The summed E-state index contributed by atoms with van der Waals surface area (Å²) in [6.07, 6.45) is 2.21. The van der Waals surface area contributed by atoms with Crippen molar-refractivity contribution in [2.75, 3.05) is 13.1 Å². The van der Waals surface area contributed by atoms with Gasteiger partial charge in [0.2, 0.25) is 0 Å². The second kappa shape index (κ2) is 5.80. The highest BCUT2D eigenvalue weighted by Gasteiger charge is 2.27. The van der Waals surface area contributed by atoms with E-state index in [0.29, 0.717) is 18.4 Å². The molecule has 0 aromatic carbocycles. The van der Waals surface area contributed by atoms with Gasteiger partial charge < -0.3 is 5.11 Å². The van der Waals surface area contributed by atoms with Crippen LogP contribution in [0.5, 0.6) is 0 Å². The number of carbonyl (C=O) groups is 1. The maximum atomic E-state index is 10.6. The largest absolute Gasteiger partial charge is 0.481 e. The third kappa shape index (κ3) is 3.29. The monoisotopic (exact) mass is 268 g/mol. The van der Waals surface area contributed by atoms with Gasteiger partial charge >= 0.3 is 5.97 Å². The average molecular weight is 268 g/mol. The zero-order valence-electron chi connectivity index (χ0n) is 10.9. The molecule has 1 fully saturated rings. The van der Waals surface area contributed by atoms with Crippen molar-refractivity contribution in [1.29, 1.82) is 0 Å². The Morgan fingerprint density at radius 1 is 1.72 bits per heavy atom. The third-order valence-electron chi connectivity index (χ3n) is 3.70. The summed E-state index contributed by atoms with van der Waals surface area (Å²) in [6, 6.07) is 0.352. The number of aliphatic carboxylic acids is 1. The molecule has 0 saturated carbocycles. The van der Waals surface area contributed by atoms with Crippen molar-refractivity contribution in [3.8, 4) is 0 Å². The number of thiazole rings is 1. The van der Waals surface area contributed by atoms with Crippen LogP contribution in [0.15, 0.2) is 5.38 Å². The summed E-state index contributed by atoms with van der Waals surface area (Å²) in [5.41, 5.74) is 1.15. The van der Waals surface area contributed by atoms with Crippen LogP contribution < -0.4 is 0 Å².